The second-order valence-electron chi connectivity index (χ2n) is 6.08. The number of carbonyl (C=O) groups excluding carboxylic acids is 1. The van der Waals surface area contributed by atoms with Crippen LogP contribution in [-0.2, 0) is 0 Å². The van der Waals surface area contributed by atoms with Gasteiger partial charge < -0.3 is 15.4 Å². The molecule has 3 rings (SSSR count). The number of anilines is 2. The summed E-state index contributed by atoms with van der Waals surface area (Å²) in [6.07, 6.45) is 0. The van der Waals surface area contributed by atoms with Gasteiger partial charge in [-0.15, -0.1) is 0 Å². The zero-order valence-electron chi connectivity index (χ0n) is 14.8. The highest BCUT2D eigenvalue weighted by molar-refractivity contribution is 6.01. The molecule has 0 aliphatic rings. The van der Waals surface area contributed by atoms with Crippen molar-refractivity contribution in [1.82, 2.24) is 4.98 Å². The van der Waals surface area contributed by atoms with Gasteiger partial charge in [-0.3, -0.25) is 4.98 Å². The predicted octanol–water partition coefficient (Wildman–Crippen LogP) is 4.81. The smallest absolute Gasteiger partial charge is 0.323 e. The molecule has 0 atom stereocenters. The molecule has 0 saturated carbocycles. The van der Waals surface area contributed by atoms with E-state index in [-0.39, 0.29) is 6.03 Å². The number of pyridine rings is 1. The van der Waals surface area contributed by atoms with Gasteiger partial charge in [0.25, 0.3) is 0 Å². The van der Waals surface area contributed by atoms with E-state index >= 15 is 0 Å². The standard InChI is InChI=1S/C20H21N3O2/c1-12-5-6-15(9-13(12)2)22-20(24)23-16-7-8-18-17(11-16)19(25-4)10-14(3)21-18/h5-11H,1-4H3,(H2,22,23,24). The summed E-state index contributed by atoms with van der Waals surface area (Å²) in [6.45, 7) is 5.98. The molecule has 3 aromatic rings. The minimum absolute atomic E-state index is 0.290. The van der Waals surface area contributed by atoms with Crippen LogP contribution in [0, 0.1) is 20.8 Å². The van der Waals surface area contributed by atoms with Gasteiger partial charge in [-0.2, -0.15) is 0 Å². The Bertz CT molecular complexity index is 951. The summed E-state index contributed by atoms with van der Waals surface area (Å²) in [5, 5.41) is 6.55. The van der Waals surface area contributed by atoms with Gasteiger partial charge in [0.05, 0.1) is 12.6 Å². The minimum atomic E-state index is -0.290. The number of rotatable bonds is 3. The molecule has 2 amide bonds. The highest BCUT2D eigenvalue weighted by Gasteiger charge is 2.08. The molecule has 0 unspecified atom stereocenters. The Morgan fingerprint density at radius 3 is 2.28 bits per heavy atom. The SMILES string of the molecule is COc1cc(C)nc2ccc(NC(=O)Nc3ccc(C)c(C)c3)cc12. The first kappa shape index (κ1) is 16.8. The Kier molecular flexibility index (Phi) is 4.57. The summed E-state index contributed by atoms with van der Waals surface area (Å²) < 4.78 is 5.42. The van der Waals surface area contributed by atoms with Gasteiger partial charge in [0.1, 0.15) is 5.75 Å². The average Bonchev–Trinajstić information content (AvgIpc) is 2.57. The van der Waals surface area contributed by atoms with Crippen LogP contribution in [0.2, 0.25) is 0 Å². The van der Waals surface area contributed by atoms with Crippen LogP contribution in [0.1, 0.15) is 16.8 Å². The van der Waals surface area contributed by atoms with Gasteiger partial charge >= 0.3 is 6.03 Å². The molecule has 25 heavy (non-hydrogen) atoms. The number of aryl methyl sites for hydroxylation is 3. The summed E-state index contributed by atoms with van der Waals surface area (Å²) in [4.78, 5) is 16.7. The van der Waals surface area contributed by atoms with Gasteiger partial charge in [-0.1, -0.05) is 6.07 Å². The first-order valence-corrected chi connectivity index (χ1v) is 8.07. The van der Waals surface area contributed by atoms with E-state index in [0.29, 0.717) is 5.69 Å². The van der Waals surface area contributed by atoms with E-state index in [2.05, 4.69) is 15.6 Å². The predicted molar refractivity (Wildman–Crippen MR) is 102 cm³/mol. The molecule has 2 aromatic carbocycles. The minimum Gasteiger partial charge on any atom is -0.496 e. The fourth-order valence-electron chi connectivity index (χ4n) is 2.68. The zero-order valence-corrected chi connectivity index (χ0v) is 14.8. The van der Waals surface area contributed by atoms with Crippen molar-refractivity contribution in [3.63, 3.8) is 0 Å². The van der Waals surface area contributed by atoms with Crippen molar-refractivity contribution in [2.24, 2.45) is 0 Å². The van der Waals surface area contributed by atoms with E-state index in [1.54, 1.807) is 7.11 Å². The Morgan fingerprint density at radius 2 is 1.60 bits per heavy atom. The van der Waals surface area contributed by atoms with Crippen LogP contribution in [0.5, 0.6) is 5.75 Å². The third-order valence-corrected chi connectivity index (χ3v) is 4.14. The number of methoxy groups -OCH3 is 1. The number of aromatic nitrogens is 1. The van der Waals surface area contributed by atoms with Gasteiger partial charge in [0.2, 0.25) is 0 Å². The number of ether oxygens (including phenoxy) is 1. The molecule has 0 fully saturated rings. The van der Waals surface area contributed by atoms with Crippen LogP contribution in [-0.4, -0.2) is 18.1 Å². The van der Waals surface area contributed by atoms with Crippen molar-refractivity contribution in [2.45, 2.75) is 20.8 Å². The molecule has 1 heterocycles. The van der Waals surface area contributed by atoms with E-state index in [4.69, 9.17) is 4.74 Å². The lowest BCUT2D eigenvalue weighted by Crippen LogP contribution is -2.19. The number of fused-ring (bicyclic) bond motifs is 1. The number of nitrogens with zero attached hydrogens (tertiary/aromatic N) is 1. The molecule has 0 spiro atoms. The van der Waals surface area contributed by atoms with Crippen molar-refractivity contribution < 1.29 is 9.53 Å². The molecule has 0 radical (unpaired) electrons. The summed E-state index contributed by atoms with van der Waals surface area (Å²) >= 11 is 0. The van der Waals surface area contributed by atoms with Gasteiger partial charge in [0.15, 0.2) is 0 Å². The first-order chi connectivity index (χ1) is 12.0. The molecular formula is C20H21N3O2. The van der Waals surface area contributed by atoms with Crippen molar-refractivity contribution in [1.29, 1.82) is 0 Å². The molecule has 0 bridgehead atoms. The topological polar surface area (TPSA) is 63.2 Å². The third kappa shape index (κ3) is 3.71. The van der Waals surface area contributed by atoms with E-state index in [1.807, 2.05) is 63.2 Å². The maximum absolute atomic E-state index is 12.3. The number of hydrogen-bond acceptors (Lipinski definition) is 3. The average molecular weight is 335 g/mol. The Labute approximate surface area is 147 Å². The number of hydrogen-bond donors (Lipinski definition) is 2. The molecule has 128 valence electrons. The monoisotopic (exact) mass is 335 g/mol. The molecule has 0 aliphatic carbocycles. The third-order valence-electron chi connectivity index (χ3n) is 4.14. The van der Waals surface area contributed by atoms with E-state index in [9.17, 15) is 4.79 Å². The van der Waals surface area contributed by atoms with Crippen LogP contribution in [0.3, 0.4) is 0 Å². The van der Waals surface area contributed by atoms with Crippen LogP contribution >= 0.6 is 0 Å². The second-order valence-corrected chi connectivity index (χ2v) is 6.08. The zero-order chi connectivity index (χ0) is 18.0. The van der Waals surface area contributed by atoms with Crippen molar-refractivity contribution in [3.05, 3.63) is 59.3 Å². The Morgan fingerprint density at radius 1 is 0.920 bits per heavy atom. The van der Waals surface area contributed by atoms with Crippen LogP contribution in [0.25, 0.3) is 10.9 Å². The molecule has 5 heteroatoms. The van der Waals surface area contributed by atoms with Crippen molar-refractivity contribution >= 4 is 28.3 Å². The Hall–Kier alpha value is -3.08. The molecular weight excluding hydrogens is 314 g/mol. The van der Waals surface area contributed by atoms with Crippen molar-refractivity contribution in [3.8, 4) is 5.75 Å². The molecule has 0 saturated heterocycles. The van der Waals surface area contributed by atoms with E-state index in [1.165, 1.54) is 5.56 Å². The maximum Gasteiger partial charge on any atom is 0.323 e. The Balaban J connectivity index is 1.81. The largest absolute Gasteiger partial charge is 0.496 e. The number of benzene rings is 2. The van der Waals surface area contributed by atoms with Crippen LogP contribution < -0.4 is 15.4 Å². The van der Waals surface area contributed by atoms with Gasteiger partial charge in [0, 0.05) is 28.5 Å². The lowest BCUT2D eigenvalue weighted by Gasteiger charge is -2.11. The number of amides is 2. The highest BCUT2D eigenvalue weighted by Crippen LogP contribution is 2.28. The van der Waals surface area contributed by atoms with Crippen LogP contribution in [0.15, 0.2) is 42.5 Å². The van der Waals surface area contributed by atoms with Gasteiger partial charge in [-0.05, 0) is 62.2 Å². The molecule has 1 aromatic heterocycles. The van der Waals surface area contributed by atoms with E-state index in [0.717, 1.165) is 33.6 Å². The fraction of sp³-hybridized carbons (Fsp3) is 0.200. The van der Waals surface area contributed by atoms with Crippen LogP contribution in [0.4, 0.5) is 16.2 Å². The second kappa shape index (κ2) is 6.81. The molecule has 0 aliphatic heterocycles. The number of carbonyl (C=O) groups is 1. The van der Waals surface area contributed by atoms with Gasteiger partial charge in [-0.25, -0.2) is 4.79 Å². The number of nitrogens with one attached hydrogen (secondary N) is 2. The normalized spacial score (nSPS) is 10.6. The van der Waals surface area contributed by atoms with Crippen molar-refractivity contribution in [2.75, 3.05) is 17.7 Å². The maximum atomic E-state index is 12.3. The highest BCUT2D eigenvalue weighted by atomic mass is 16.5. The quantitative estimate of drug-likeness (QED) is 0.722. The molecule has 2 N–H and O–H groups in total. The first-order valence-electron chi connectivity index (χ1n) is 8.07. The number of urea groups is 1. The summed E-state index contributed by atoms with van der Waals surface area (Å²) in [5.74, 6) is 0.737. The fourth-order valence-corrected chi connectivity index (χ4v) is 2.68. The molecule has 5 nitrogen and oxygen atoms in total. The summed E-state index contributed by atoms with van der Waals surface area (Å²) in [5.41, 5.74) is 5.48. The summed E-state index contributed by atoms with van der Waals surface area (Å²) in [6, 6.07) is 13.0. The van der Waals surface area contributed by atoms with E-state index < -0.39 is 0 Å². The summed E-state index contributed by atoms with van der Waals surface area (Å²) in [7, 11) is 1.63. The lowest BCUT2D eigenvalue weighted by atomic mass is 10.1. The lowest BCUT2D eigenvalue weighted by molar-refractivity contribution is 0.262.